The average molecular weight is 292 g/mol. The summed E-state index contributed by atoms with van der Waals surface area (Å²) in [5, 5.41) is 3.30. The zero-order chi connectivity index (χ0) is 15.5. The molecule has 0 aliphatic heterocycles. The lowest BCUT2D eigenvalue weighted by atomic mass is 10.1. The summed E-state index contributed by atoms with van der Waals surface area (Å²) in [4.78, 5) is 24.3. The second-order valence-corrected chi connectivity index (χ2v) is 5.21. The van der Waals surface area contributed by atoms with Gasteiger partial charge in [-0.05, 0) is 11.6 Å². The number of nitrogens with one attached hydrogen (secondary N) is 1. The molecule has 1 heterocycles. The van der Waals surface area contributed by atoms with Gasteiger partial charge in [-0.2, -0.15) is 0 Å². The van der Waals surface area contributed by atoms with Crippen LogP contribution in [0.25, 0.3) is 10.9 Å². The van der Waals surface area contributed by atoms with E-state index < -0.39 is 0 Å². The second-order valence-electron chi connectivity index (χ2n) is 5.21. The Hall–Kier alpha value is -2.88. The summed E-state index contributed by atoms with van der Waals surface area (Å²) in [6.45, 7) is 0. The van der Waals surface area contributed by atoms with Crippen LogP contribution in [0.5, 0.6) is 0 Å². The Bertz CT molecular complexity index is 835. The summed E-state index contributed by atoms with van der Waals surface area (Å²) in [7, 11) is 1.88. The van der Waals surface area contributed by atoms with Crippen molar-refractivity contribution >= 4 is 22.7 Å². The number of benzene rings is 2. The van der Waals surface area contributed by atoms with Gasteiger partial charge in [0.2, 0.25) is 5.91 Å². The molecule has 0 atom stereocenters. The maximum atomic E-state index is 12.3. The maximum Gasteiger partial charge on any atom is 0.260 e. The monoisotopic (exact) mass is 292 g/mol. The summed E-state index contributed by atoms with van der Waals surface area (Å²) in [6.07, 6.45) is 1.94. The third kappa shape index (κ3) is 2.76. The number of imide groups is 1. The third-order valence-electron chi connectivity index (χ3n) is 3.60. The summed E-state index contributed by atoms with van der Waals surface area (Å²) in [6, 6.07) is 17.0. The first kappa shape index (κ1) is 14.1. The Labute approximate surface area is 128 Å². The van der Waals surface area contributed by atoms with Gasteiger partial charge in [0.25, 0.3) is 5.91 Å². The molecule has 0 saturated carbocycles. The number of amides is 2. The van der Waals surface area contributed by atoms with Crippen molar-refractivity contribution in [3.05, 3.63) is 71.9 Å². The number of nitrogens with zero attached hydrogens (tertiary/aromatic N) is 1. The van der Waals surface area contributed by atoms with E-state index in [4.69, 9.17) is 0 Å². The Kier molecular flexibility index (Phi) is 3.74. The lowest BCUT2D eigenvalue weighted by Crippen LogP contribution is -2.31. The van der Waals surface area contributed by atoms with Gasteiger partial charge < -0.3 is 4.57 Å². The fraction of sp³-hybridized carbons (Fsp3) is 0.111. The standard InChI is InChI=1S/C18H16N2O2/c1-20-12-15(14-9-5-6-10-16(14)20)18(22)19-17(21)11-13-7-3-2-4-8-13/h2-10,12H,11H2,1H3,(H,19,21,22). The third-order valence-corrected chi connectivity index (χ3v) is 3.60. The molecular formula is C18H16N2O2. The molecule has 0 bridgehead atoms. The molecule has 1 aromatic heterocycles. The first-order chi connectivity index (χ1) is 10.6. The van der Waals surface area contributed by atoms with Gasteiger partial charge in [-0.25, -0.2) is 0 Å². The van der Waals surface area contributed by atoms with Crippen LogP contribution in [0.1, 0.15) is 15.9 Å². The molecule has 0 aliphatic rings. The van der Waals surface area contributed by atoms with Gasteiger partial charge in [0.1, 0.15) is 0 Å². The van der Waals surface area contributed by atoms with Crippen molar-refractivity contribution in [2.45, 2.75) is 6.42 Å². The summed E-state index contributed by atoms with van der Waals surface area (Å²) in [5.41, 5.74) is 2.35. The minimum atomic E-state index is -0.363. The molecule has 0 aliphatic carbocycles. The van der Waals surface area contributed by atoms with E-state index in [0.717, 1.165) is 16.5 Å². The maximum absolute atomic E-state index is 12.3. The Balaban J connectivity index is 1.77. The van der Waals surface area contributed by atoms with Crippen LogP contribution in [0.4, 0.5) is 0 Å². The molecule has 0 radical (unpaired) electrons. The van der Waals surface area contributed by atoms with Gasteiger partial charge in [0.15, 0.2) is 0 Å². The molecule has 110 valence electrons. The number of hydrogen-bond donors (Lipinski definition) is 1. The van der Waals surface area contributed by atoms with Crippen LogP contribution in [-0.2, 0) is 18.3 Å². The highest BCUT2D eigenvalue weighted by Crippen LogP contribution is 2.20. The molecule has 0 fully saturated rings. The van der Waals surface area contributed by atoms with Gasteiger partial charge in [-0.1, -0.05) is 48.5 Å². The van der Waals surface area contributed by atoms with Gasteiger partial charge in [-0.15, -0.1) is 0 Å². The molecule has 3 aromatic rings. The van der Waals surface area contributed by atoms with E-state index in [1.165, 1.54) is 0 Å². The van der Waals surface area contributed by atoms with Gasteiger partial charge >= 0.3 is 0 Å². The highest BCUT2D eigenvalue weighted by molar-refractivity contribution is 6.12. The molecule has 0 spiro atoms. The molecule has 1 N–H and O–H groups in total. The fourth-order valence-electron chi connectivity index (χ4n) is 2.54. The molecule has 3 rings (SSSR count). The van der Waals surface area contributed by atoms with E-state index in [1.54, 1.807) is 6.20 Å². The summed E-state index contributed by atoms with van der Waals surface area (Å²) >= 11 is 0. The molecule has 22 heavy (non-hydrogen) atoms. The SMILES string of the molecule is Cn1cc(C(=O)NC(=O)Cc2ccccc2)c2ccccc21. The first-order valence-corrected chi connectivity index (χ1v) is 7.07. The predicted octanol–water partition coefficient (Wildman–Crippen LogP) is 2.68. The molecule has 0 saturated heterocycles. The number of aryl methyl sites for hydroxylation is 1. The Morgan fingerprint density at radius 2 is 1.68 bits per heavy atom. The Morgan fingerprint density at radius 1 is 1.00 bits per heavy atom. The number of carbonyl (C=O) groups excluding carboxylic acids is 2. The van der Waals surface area contributed by atoms with Gasteiger partial charge in [0.05, 0.1) is 12.0 Å². The normalized spacial score (nSPS) is 10.6. The van der Waals surface area contributed by atoms with Crippen molar-refractivity contribution in [3.8, 4) is 0 Å². The van der Waals surface area contributed by atoms with E-state index in [-0.39, 0.29) is 18.2 Å². The van der Waals surface area contributed by atoms with Crippen LogP contribution < -0.4 is 5.32 Å². The quantitative estimate of drug-likeness (QED) is 0.807. The van der Waals surface area contributed by atoms with E-state index in [2.05, 4.69) is 5.32 Å². The minimum Gasteiger partial charge on any atom is -0.350 e. The van der Waals surface area contributed by atoms with Crippen LogP contribution in [-0.4, -0.2) is 16.4 Å². The molecule has 4 nitrogen and oxygen atoms in total. The van der Waals surface area contributed by atoms with Gasteiger partial charge in [0, 0.05) is 24.1 Å². The smallest absolute Gasteiger partial charge is 0.260 e. The zero-order valence-corrected chi connectivity index (χ0v) is 12.2. The van der Waals surface area contributed by atoms with Crippen LogP contribution in [0.3, 0.4) is 0 Å². The van der Waals surface area contributed by atoms with Crippen LogP contribution in [0.15, 0.2) is 60.8 Å². The number of fused-ring (bicyclic) bond motifs is 1. The molecule has 4 heteroatoms. The van der Waals surface area contributed by atoms with Crippen molar-refractivity contribution in [1.82, 2.24) is 9.88 Å². The minimum absolute atomic E-state index is 0.192. The fourth-order valence-corrected chi connectivity index (χ4v) is 2.54. The van der Waals surface area contributed by atoms with E-state index in [0.29, 0.717) is 5.56 Å². The van der Waals surface area contributed by atoms with E-state index in [9.17, 15) is 9.59 Å². The number of aromatic nitrogens is 1. The zero-order valence-electron chi connectivity index (χ0n) is 12.2. The second kappa shape index (κ2) is 5.85. The van der Waals surface area contributed by atoms with Crippen LogP contribution in [0.2, 0.25) is 0 Å². The van der Waals surface area contributed by atoms with Crippen LogP contribution in [0, 0.1) is 0 Å². The lowest BCUT2D eigenvalue weighted by Gasteiger charge is -2.03. The van der Waals surface area contributed by atoms with E-state index >= 15 is 0 Å². The summed E-state index contributed by atoms with van der Waals surface area (Å²) in [5.74, 6) is -0.665. The molecule has 2 amide bonds. The van der Waals surface area contributed by atoms with E-state index in [1.807, 2.05) is 66.2 Å². The number of rotatable bonds is 3. The summed E-state index contributed by atoms with van der Waals surface area (Å²) < 4.78 is 1.88. The van der Waals surface area contributed by atoms with Crippen molar-refractivity contribution < 1.29 is 9.59 Å². The van der Waals surface area contributed by atoms with Crippen molar-refractivity contribution in [2.24, 2.45) is 7.05 Å². The van der Waals surface area contributed by atoms with Crippen molar-refractivity contribution in [3.63, 3.8) is 0 Å². The lowest BCUT2D eigenvalue weighted by molar-refractivity contribution is -0.119. The molecule has 2 aromatic carbocycles. The number of para-hydroxylation sites is 1. The van der Waals surface area contributed by atoms with Crippen molar-refractivity contribution in [1.29, 1.82) is 0 Å². The molecular weight excluding hydrogens is 276 g/mol. The largest absolute Gasteiger partial charge is 0.350 e. The first-order valence-electron chi connectivity index (χ1n) is 7.07. The highest BCUT2D eigenvalue weighted by Gasteiger charge is 2.16. The van der Waals surface area contributed by atoms with Crippen LogP contribution >= 0.6 is 0 Å². The topological polar surface area (TPSA) is 51.1 Å². The predicted molar refractivity (Wildman–Crippen MR) is 85.5 cm³/mol. The molecule has 0 unspecified atom stereocenters. The Morgan fingerprint density at radius 3 is 2.45 bits per heavy atom. The average Bonchev–Trinajstić information content (AvgIpc) is 2.86. The number of carbonyl (C=O) groups is 2. The van der Waals surface area contributed by atoms with Crippen molar-refractivity contribution in [2.75, 3.05) is 0 Å². The number of hydrogen-bond acceptors (Lipinski definition) is 2. The van der Waals surface area contributed by atoms with Gasteiger partial charge in [-0.3, -0.25) is 14.9 Å². The highest BCUT2D eigenvalue weighted by atomic mass is 16.2.